The van der Waals surface area contributed by atoms with Crippen molar-refractivity contribution < 1.29 is 36.6 Å². The maximum Gasteiger partial charge on any atom is 0.264 e. The van der Waals surface area contributed by atoms with Gasteiger partial charge in [0.15, 0.2) is 18.2 Å². The largest absolute Gasteiger partial charge is 0.348 e. The Morgan fingerprint density at radius 1 is 1.06 bits per heavy atom. The summed E-state index contributed by atoms with van der Waals surface area (Å²) in [7, 11) is -3.50. The van der Waals surface area contributed by atoms with E-state index < -0.39 is 34.1 Å². The lowest BCUT2D eigenvalue weighted by atomic mass is 9.58. The van der Waals surface area contributed by atoms with Crippen LogP contribution in [-0.4, -0.2) is 38.6 Å². The lowest BCUT2D eigenvalue weighted by Crippen LogP contribution is -2.70. The van der Waals surface area contributed by atoms with Gasteiger partial charge >= 0.3 is 0 Å². The van der Waals surface area contributed by atoms with Gasteiger partial charge < -0.3 is 14.2 Å². The van der Waals surface area contributed by atoms with E-state index >= 15 is 0 Å². The maximum atomic E-state index is 11.3. The molecule has 33 heavy (non-hydrogen) atoms. The topological polar surface area (TPSA) is 89.5 Å². The van der Waals surface area contributed by atoms with E-state index in [-0.39, 0.29) is 18.4 Å². The lowest BCUT2D eigenvalue weighted by Gasteiger charge is -2.60. The molecule has 184 valence electrons. The van der Waals surface area contributed by atoms with E-state index in [2.05, 4.69) is 13.8 Å². The molecule has 0 aromatic heterocycles. The van der Waals surface area contributed by atoms with Crippen molar-refractivity contribution in [2.24, 2.45) is 23.7 Å². The van der Waals surface area contributed by atoms with Crippen LogP contribution in [0.1, 0.15) is 57.6 Å². The molecule has 8 atom stereocenters. The third kappa shape index (κ3) is 4.37. The van der Waals surface area contributed by atoms with Gasteiger partial charge in [-0.25, -0.2) is 9.78 Å². The van der Waals surface area contributed by atoms with E-state index in [0.29, 0.717) is 18.4 Å². The van der Waals surface area contributed by atoms with Crippen LogP contribution >= 0.6 is 0 Å². The quantitative estimate of drug-likeness (QED) is 0.446. The molecule has 1 saturated carbocycles. The fraction of sp³-hybridized carbons (Fsp3) is 0.750. The minimum atomic E-state index is -3.50. The van der Waals surface area contributed by atoms with Gasteiger partial charge in [-0.05, 0) is 49.1 Å². The molecular weight excluding hydrogens is 448 g/mol. The van der Waals surface area contributed by atoms with Gasteiger partial charge in [-0.15, -0.1) is 0 Å². The molecule has 9 heteroatoms. The molecule has 4 heterocycles. The molecule has 5 fully saturated rings. The summed E-state index contributed by atoms with van der Waals surface area (Å²) in [4.78, 5) is 12.0. The van der Waals surface area contributed by atoms with E-state index in [9.17, 15) is 8.42 Å². The van der Waals surface area contributed by atoms with E-state index in [1.807, 2.05) is 31.2 Å². The van der Waals surface area contributed by atoms with Crippen LogP contribution in [0.15, 0.2) is 24.3 Å². The minimum absolute atomic E-state index is 0.000985. The molecular formula is C24H34O8S. The maximum absolute atomic E-state index is 11.3. The van der Waals surface area contributed by atoms with Crippen molar-refractivity contribution in [1.82, 2.24) is 0 Å². The molecule has 0 radical (unpaired) electrons. The Bertz CT molecular complexity index is 982. The highest BCUT2D eigenvalue weighted by Crippen LogP contribution is 2.60. The van der Waals surface area contributed by atoms with Crippen molar-refractivity contribution in [3.63, 3.8) is 0 Å². The second-order valence-electron chi connectivity index (χ2n) is 10.4. The van der Waals surface area contributed by atoms with Crippen molar-refractivity contribution in [3.05, 3.63) is 35.4 Å². The number of fused-ring (bicyclic) bond motifs is 2. The first-order chi connectivity index (χ1) is 15.6. The smallest absolute Gasteiger partial charge is 0.264 e. The molecule has 8 nitrogen and oxygen atoms in total. The van der Waals surface area contributed by atoms with E-state index in [1.54, 1.807) is 0 Å². The van der Waals surface area contributed by atoms with Crippen LogP contribution in [0.5, 0.6) is 0 Å². The molecule has 5 aliphatic rings. The van der Waals surface area contributed by atoms with Crippen LogP contribution in [0.4, 0.5) is 0 Å². The van der Waals surface area contributed by atoms with Crippen molar-refractivity contribution in [2.75, 3.05) is 6.26 Å². The van der Waals surface area contributed by atoms with E-state index in [4.69, 9.17) is 28.2 Å². The molecule has 6 rings (SSSR count). The Labute approximate surface area is 195 Å². The highest BCUT2D eigenvalue weighted by molar-refractivity contribution is 7.85. The molecule has 1 aliphatic carbocycles. The third-order valence-corrected chi connectivity index (χ3v) is 8.49. The molecule has 1 aromatic carbocycles. The summed E-state index contributed by atoms with van der Waals surface area (Å²) >= 11 is 0. The van der Waals surface area contributed by atoms with Crippen molar-refractivity contribution in [2.45, 2.75) is 83.6 Å². The normalized spacial score (nSPS) is 42.5. The molecule has 1 aromatic rings. The number of benzene rings is 1. The highest BCUT2D eigenvalue weighted by atomic mass is 32.2. The van der Waals surface area contributed by atoms with E-state index in [0.717, 1.165) is 43.1 Å². The number of hydrogen-bond donors (Lipinski definition) is 0. The molecule has 1 spiro atoms. The second kappa shape index (κ2) is 8.55. The summed E-state index contributed by atoms with van der Waals surface area (Å²) < 4.78 is 46.6. The number of hydrogen-bond acceptors (Lipinski definition) is 8. The zero-order valence-corrected chi connectivity index (χ0v) is 20.5. The van der Waals surface area contributed by atoms with Crippen LogP contribution < -0.4 is 0 Å². The summed E-state index contributed by atoms with van der Waals surface area (Å²) in [6.45, 7) is 6.70. The van der Waals surface area contributed by atoms with Crippen molar-refractivity contribution >= 4 is 10.1 Å². The Morgan fingerprint density at radius 3 is 2.58 bits per heavy atom. The molecule has 2 bridgehead atoms. The van der Waals surface area contributed by atoms with E-state index in [1.165, 1.54) is 0 Å². The van der Waals surface area contributed by atoms with Gasteiger partial charge in [-0.3, -0.25) is 4.18 Å². The summed E-state index contributed by atoms with van der Waals surface area (Å²) in [5, 5.41) is 0. The van der Waals surface area contributed by atoms with Gasteiger partial charge in [0.1, 0.15) is 0 Å². The first kappa shape index (κ1) is 23.7. The van der Waals surface area contributed by atoms with Gasteiger partial charge in [0.25, 0.3) is 10.1 Å². The predicted molar refractivity (Wildman–Crippen MR) is 118 cm³/mol. The molecule has 4 aliphatic heterocycles. The third-order valence-electron chi connectivity index (χ3n) is 7.94. The fourth-order valence-corrected chi connectivity index (χ4v) is 6.58. The average Bonchev–Trinajstić information content (AvgIpc) is 2.99. The lowest BCUT2D eigenvalue weighted by molar-refractivity contribution is -0.577. The van der Waals surface area contributed by atoms with Crippen LogP contribution in [0.2, 0.25) is 0 Å². The zero-order chi connectivity index (χ0) is 23.4. The zero-order valence-electron chi connectivity index (χ0n) is 19.7. The molecule has 4 saturated heterocycles. The first-order valence-electron chi connectivity index (χ1n) is 11.8. The number of rotatable bonds is 6. The SMILES string of the molecule is C[C@@H]1CCC2[C@@H](C)[C@@H](OCc3cccc(COS(C)(=O)=O)c3)OC3OC4(C)CC[C@@H]1[C@]32OO4. The second-order valence-corrected chi connectivity index (χ2v) is 12.0. The highest BCUT2D eigenvalue weighted by Gasteiger charge is 2.69. The Morgan fingerprint density at radius 2 is 1.82 bits per heavy atom. The summed E-state index contributed by atoms with van der Waals surface area (Å²) in [6, 6.07) is 7.53. The van der Waals surface area contributed by atoms with Crippen LogP contribution in [0.25, 0.3) is 0 Å². The molecule has 0 amide bonds. The summed E-state index contributed by atoms with van der Waals surface area (Å²) in [5.41, 5.74) is 1.09. The molecule has 0 N–H and O–H groups in total. The van der Waals surface area contributed by atoms with Gasteiger partial charge in [-0.2, -0.15) is 8.42 Å². The van der Waals surface area contributed by atoms with Gasteiger partial charge in [0, 0.05) is 18.3 Å². The first-order valence-corrected chi connectivity index (χ1v) is 13.7. The molecule has 3 unspecified atom stereocenters. The Kier molecular flexibility index (Phi) is 6.13. The monoisotopic (exact) mass is 482 g/mol. The summed E-state index contributed by atoms with van der Waals surface area (Å²) in [6.07, 6.45) is 3.99. The van der Waals surface area contributed by atoms with Gasteiger partial charge in [0.2, 0.25) is 5.79 Å². The van der Waals surface area contributed by atoms with Crippen molar-refractivity contribution in [1.29, 1.82) is 0 Å². The van der Waals surface area contributed by atoms with Crippen molar-refractivity contribution in [3.8, 4) is 0 Å². The minimum Gasteiger partial charge on any atom is -0.348 e. The predicted octanol–water partition coefficient (Wildman–Crippen LogP) is 3.89. The average molecular weight is 483 g/mol. The number of ether oxygens (including phenoxy) is 3. The van der Waals surface area contributed by atoms with Crippen LogP contribution in [0.3, 0.4) is 0 Å². The van der Waals surface area contributed by atoms with Gasteiger partial charge in [0.05, 0.1) is 19.5 Å². The van der Waals surface area contributed by atoms with Gasteiger partial charge in [-0.1, -0.05) is 38.1 Å². The van der Waals surface area contributed by atoms with Crippen LogP contribution in [-0.2, 0) is 51.5 Å². The fourth-order valence-electron chi connectivity index (χ4n) is 6.23. The standard InChI is InChI=1S/C24H34O8S/c1-15-8-9-20-16(2)21(27-13-17-6-5-7-18(12-17)14-28-33(4,25)26)29-22-24(20)19(15)10-11-23(3,30-22)31-32-24/h5-7,12,15-16,19-22H,8-11,13-14H2,1-4H3/t15-,16-,19+,20?,21+,22?,23?,24-/m1/s1. The van der Waals surface area contributed by atoms with Crippen LogP contribution in [0, 0.1) is 23.7 Å². The summed E-state index contributed by atoms with van der Waals surface area (Å²) in [5.74, 6) is 0.334. The Hall–Kier alpha value is -1.07. The Balaban J connectivity index is 1.32.